The van der Waals surface area contributed by atoms with Crippen molar-refractivity contribution in [2.75, 3.05) is 23.3 Å². The van der Waals surface area contributed by atoms with Crippen LogP contribution in [0.15, 0.2) is 54.6 Å². The molecule has 1 unspecified atom stereocenters. The predicted molar refractivity (Wildman–Crippen MR) is 120 cm³/mol. The fraction of sp³-hybridized carbons (Fsp3) is 0.440. The maximum absolute atomic E-state index is 12.6. The zero-order valence-corrected chi connectivity index (χ0v) is 17.7. The first-order valence-corrected chi connectivity index (χ1v) is 11.1. The summed E-state index contributed by atoms with van der Waals surface area (Å²) in [5, 5.41) is 3.04. The Hall–Kier alpha value is -2.66. The molecule has 1 N–H and O–H groups in total. The molecule has 0 radical (unpaired) electrons. The highest BCUT2D eigenvalue weighted by Crippen LogP contribution is 2.29. The van der Waals surface area contributed by atoms with Gasteiger partial charge in [0.15, 0.2) is 0 Å². The number of nitrogens with one attached hydrogen (secondary N) is 1. The molecule has 2 fully saturated rings. The Morgan fingerprint density at radius 2 is 1.80 bits per heavy atom. The summed E-state index contributed by atoms with van der Waals surface area (Å²) in [6.07, 6.45) is 4.15. The van der Waals surface area contributed by atoms with E-state index < -0.39 is 0 Å². The fourth-order valence-electron chi connectivity index (χ4n) is 4.62. The summed E-state index contributed by atoms with van der Waals surface area (Å²) in [6, 6.07) is 18.4. The van der Waals surface area contributed by atoms with E-state index in [1.165, 1.54) is 5.56 Å². The smallest absolute Gasteiger partial charge is 0.227 e. The summed E-state index contributed by atoms with van der Waals surface area (Å²) in [4.78, 5) is 29.1. The normalized spacial score (nSPS) is 20.5. The van der Waals surface area contributed by atoms with Crippen molar-refractivity contribution in [2.45, 2.75) is 51.6 Å². The Bertz CT molecular complexity index is 875. The highest BCUT2D eigenvalue weighted by Gasteiger charge is 2.29. The molecule has 2 aromatic rings. The third-order valence-electron chi connectivity index (χ3n) is 6.32. The Morgan fingerprint density at radius 3 is 2.50 bits per heavy atom. The van der Waals surface area contributed by atoms with E-state index in [1.807, 2.05) is 35.2 Å². The molecule has 2 aliphatic rings. The van der Waals surface area contributed by atoms with Crippen LogP contribution in [0, 0.1) is 5.92 Å². The van der Waals surface area contributed by atoms with Crippen LogP contribution >= 0.6 is 0 Å². The summed E-state index contributed by atoms with van der Waals surface area (Å²) in [7, 11) is 0. The molecule has 0 spiro atoms. The average Bonchev–Trinajstić information content (AvgIpc) is 3.08. The van der Waals surface area contributed by atoms with Gasteiger partial charge < -0.3 is 10.2 Å². The van der Waals surface area contributed by atoms with E-state index in [0.717, 1.165) is 50.3 Å². The Morgan fingerprint density at radius 1 is 1.03 bits per heavy atom. The van der Waals surface area contributed by atoms with Gasteiger partial charge in [-0.2, -0.15) is 0 Å². The van der Waals surface area contributed by atoms with Crippen molar-refractivity contribution in [3.05, 3.63) is 60.2 Å². The van der Waals surface area contributed by atoms with Crippen molar-refractivity contribution >= 4 is 23.2 Å². The van der Waals surface area contributed by atoms with Gasteiger partial charge in [0.1, 0.15) is 0 Å². The summed E-state index contributed by atoms with van der Waals surface area (Å²) >= 11 is 0. The van der Waals surface area contributed by atoms with Gasteiger partial charge in [0, 0.05) is 36.8 Å². The molecule has 5 nitrogen and oxygen atoms in total. The van der Waals surface area contributed by atoms with Crippen LogP contribution in [0.4, 0.5) is 11.4 Å². The molecule has 1 atom stereocenters. The zero-order chi connectivity index (χ0) is 20.9. The largest absolute Gasteiger partial charge is 0.326 e. The van der Waals surface area contributed by atoms with Crippen LogP contribution in [0.2, 0.25) is 0 Å². The predicted octanol–water partition coefficient (Wildman–Crippen LogP) is 4.44. The number of carbonyl (C=O) groups is 2. The second kappa shape index (κ2) is 9.43. The number of rotatable bonds is 6. The number of benzene rings is 2. The topological polar surface area (TPSA) is 52.7 Å². The van der Waals surface area contributed by atoms with E-state index in [0.29, 0.717) is 18.8 Å². The van der Waals surface area contributed by atoms with E-state index in [4.69, 9.17) is 0 Å². The zero-order valence-electron chi connectivity index (χ0n) is 17.7. The van der Waals surface area contributed by atoms with Crippen LogP contribution in [0.5, 0.6) is 0 Å². The highest BCUT2D eigenvalue weighted by atomic mass is 16.2. The van der Waals surface area contributed by atoms with Crippen LogP contribution in [-0.4, -0.2) is 35.8 Å². The highest BCUT2D eigenvalue weighted by molar-refractivity contribution is 5.97. The third kappa shape index (κ3) is 5.08. The lowest BCUT2D eigenvalue weighted by molar-refractivity contribution is -0.118. The van der Waals surface area contributed by atoms with Gasteiger partial charge >= 0.3 is 0 Å². The molecule has 2 aliphatic heterocycles. The molecule has 5 heteroatoms. The van der Waals surface area contributed by atoms with Crippen LogP contribution in [-0.2, 0) is 16.1 Å². The van der Waals surface area contributed by atoms with Crippen molar-refractivity contribution in [3.63, 3.8) is 0 Å². The van der Waals surface area contributed by atoms with E-state index in [2.05, 4.69) is 41.4 Å². The first-order chi connectivity index (χ1) is 14.6. The molecule has 4 rings (SSSR count). The Balaban J connectivity index is 1.26. The molecule has 0 aromatic heterocycles. The average molecular weight is 406 g/mol. The van der Waals surface area contributed by atoms with Crippen molar-refractivity contribution in [2.24, 2.45) is 5.92 Å². The molecule has 0 aliphatic carbocycles. The fourth-order valence-corrected chi connectivity index (χ4v) is 4.62. The van der Waals surface area contributed by atoms with Gasteiger partial charge in [0.2, 0.25) is 11.8 Å². The van der Waals surface area contributed by atoms with E-state index >= 15 is 0 Å². The van der Waals surface area contributed by atoms with Crippen LogP contribution < -0.4 is 10.2 Å². The molecular formula is C25H31N3O2. The Labute approximate surface area is 179 Å². The van der Waals surface area contributed by atoms with Crippen molar-refractivity contribution in [3.8, 4) is 0 Å². The lowest BCUT2D eigenvalue weighted by atomic mass is 9.93. The van der Waals surface area contributed by atoms with E-state index in [-0.39, 0.29) is 17.9 Å². The molecule has 0 saturated carbocycles. The van der Waals surface area contributed by atoms with E-state index in [1.54, 1.807) is 0 Å². The van der Waals surface area contributed by atoms with Gasteiger partial charge in [-0.25, -0.2) is 0 Å². The lowest BCUT2D eigenvalue weighted by Crippen LogP contribution is -2.34. The van der Waals surface area contributed by atoms with Crippen molar-refractivity contribution < 1.29 is 9.59 Å². The molecule has 2 amide bonds. The van der Waals surface area contributed by atoms with Gasteiger partial charge in [0.25, 0.3) is 0 Å². The van der Waals surface area contributed by atoms with Crippen molar-refractivity contribution in [1.82, 2.24) is 4.90 Å². The number of hydrogen-bond donors (Lipinski definition) is 1. The lowest BCUT2D eigenvalue weighted by Gasteiger charge is -2.31. The van der Waals surface area contributed by atoms with Gasteiger partial charge in [-0.05, 0) is 69.0 Å². The minimum atomic E-state index is 0.0643. The standard InChI is InChI=1S/C25H31N3O2/c1-19-10-11-25(30)28(19)23-9-5-8-22(17-23)26-24(29)16-20-12-14-27(15-13-20)18-21-6-3-2-4-7-21/h2-9,17,19-20H,10-16,18H2,1H3,(H,26,29). The molecule has 2 heterocycles. The summed E-state index contributed by atoms with van der Waals surface area (Å²) < 4.78 is 0. The van der Waals surface area contributed by atoms with E-state index in [9.17, 15) is 9.59 Å². The number of likely N-dealkylation sites (tertiary alicyclic amines) is 1. The van der Waals surface area contributed by atoms with Gasteiger partial charge in [-0.3, -0.25) is 14.5 Å². The number of piperidine rings is 1. The molecule has 158 valence electrons. The first kappa shape index (κ1) is 20.6. The minimum Gasteiger partial charge on any atom is -0.326 e. The molecule has 2 saturated heterocycles. The number of amides is 2. The van der Waals surface area contributed by atoms with Gasteiger partial charge in [0.05, 0.1) is 0 Å². The second-order valence-electron chi connectivity index (χ2n) is 8.66. The summed E-state index contributed by atoms with van der Waals surface area (Å²) in [5.41, 5.74) is 2.99. The Kier molecular flexibility index (Phi) is 6.48. The van der Waals surface area contributed by atoms with Gasteiger partial charge in [-0.1, -0.05) is 36.4 Å². The number of anilines is 2. The summed E-state index contributed by atoms with van der Waals surface area (Å²) in [5.74, 6) is 0.656. The maximum atomic E-state index is 12.6. The third-order valence-corrected chi connectivity index (χ3v) is 6.32. The number of nitrogens with zero attached hydrogens (tertiary/aromatic N) is 2. The molecule has 30 heavy (non-hydrogen) atoms. The second-order valence-corrected chi connectivity index (χ2v) is 8.66. The minimum absolute atomic E-state index is 0.0643. The maximum Gasteiger partial charge on any atom is 0.227 e. The molecular weight excluding hydrogens is 374 g/mol. The molecule has 0 bridgehead atoms. The molecule has 2 aromatic carbocycles. The number of hydrogen-bond acceptors (Lipinski definition) is 3. The van der Waals surface area contributed by atoms with Crippen LogP contribution in [0.25, 0.3) is 0 Å². The monoisotopic (exact) mass is 405 g/mol. The first-order valence-electron chi connectivity index (χ1n) is 11.1. The quantitative estimate of drug-likeness (QED) is 0.773. The van der Waals surface area contributed by atoms with Crippen LogP contribution in [0.3, 0.4) is 0 Å². The van der Waals surface area contributed by atoms with Crippen LogP contribution in [0.1, 0.15) is 44.6 Å². The SMILES string of the molecule is CC1CCC(=O)N1c1cccc(NC(=O)CC2CCN(Cc3ccccc3)CC2)c1. The number of carbonyl (C=O) groups excluding carboxylic acids is 2. The van der Waals surface area contributed by atoms with Gasteiger partial charge in [-0.15, -0.1) is 0 Å². The van der Waals surface area contributed by atoms with Crippen molar-refractivity contribution in [1.29, 1.82) is 0 Å². The summed E-state index contributed by atoms with van der Waals surface area (Å²) in [6.45, 7) is 5.13.